The predicted molar refractivity (Wildman–Crippen MR) is 83.0 cm³/mol. The van der Waals surface area contributed by atoms with Gasteiger partial charge in [0.15, 0.2) is 0 Å². The maximum atomic E-state index is 4.38. The van der Waals surface area contributed by atoms with Crippen LogP contribution in [0.1, 0.15) is 44.3 Å². The molecule has 1 unspecified atom stereocenters. The average molecular weight is 287 g/mol. The van der Waals surface area contributed by atoms with Gasteiger partial charge >= 0.3 is 0 Å². The summed E-state index contributed by atoms with van der Waals surface area (Å²) in [6.07, 6.45) is 8.27. The van der Waals surface area contributed by atoms with Crippen molar-refractivity contribution in [2.24, 2.45) is 5.92 Å². The second-order valence-corrected chi connectivity index (χ2v) is 7.05. The van der Waals surface area contributed by atoms with Crippen molar-refractivity contribution in [3.05, 3.63) is 35.7 Å². The fourth-order valence-electron chi connectivity index (χ4n) is 3.11. The lowest BCUT2D eigenvalue weighted by Crippen LogP contribution is -2.30. The molecule has 2 aromatic heterocycles. The summed E-state index contributed by atoms with van der Waals surface area (Å²) in [5, 5.41) is 10.9. The lowest BCUT2D eigenvalue weighted by atomic mass is 9.89. The van der Waals surface area contributed by atoms with E-state index in [1.165, 1.54) is 23.5 Å². The number of nitrogens with one attached hydrogen (secondary N) is 2. The van der Waals surface area contributed by atoms with Crippen LogP contribution in [0.4, 0.5) is 0 Å². The van der Waals surface area contributed by atoms with E-state index in [-0.39, 0.29) is 5.41 Å². The van der Waals surface area contributed by atoms with Gasteiger partial charge in [-0.15, -0.1) is 0 Å². The molecule has 0 saturated carbocycles. The highest BCUT2D eigenvalue weighted by molar-refractivity contribution is 5.23. The molecule has 2 N–H and O–H groups in total. The van der Waals surface area contributed by atoms with Crippen molar-refractivity contribution in [3.63, 3.8) is 0 Å². The Balaban J connectivity index is 1.52. The van der Waals surface area contributed by atoms with Crippen LogP contribution in [0.3, 0.4) is 0 Å². The Bertz CT molecular complexity index is 590. The molecule has 0 aromatic carbocycles. The van der Waals surface area contributed by atoms with Crippen molar-refractivity contribution in [1.29, 1.82) is 0 Å². The number of imidazole rings is 1. The number of aryl methyl sites for hydroxylation is 1. The Morgan fingerprint density at radius 2 is 2.29 bits per heavy atom. The van der Waals surface area contributed by atoms with E-state index in [9.17, 15) is 0 Å². The summed E-state index contributed by atoms with van der Waals surface area (Å²) in [6.45, 7) is 9.66. The Labute approximate surface area is 126 Å². The van der Waals surface area contributed by atoms with Crippen LogP contribution in [0, 0.1) is 5.92 Å². The van der Waals surface area contributed by atoms with Gasteiger partial charge in [-0.3, -0.25) is 5.10 Å². The molecule has 0 saturated heterocycles. The molecule has 1 aliphatic rings. The fraction of sp³-hybridized carbons (Fsp3) is 0.625. The largest absolute Gasteiger partial charge is 0.335 e. The molecular formula is C16H25N5. The minimum absolute atomic E-state index is 0.115. The first-order chi connectivity index (χ1) is 10.0. The highest BCUT2D eigenvalue weighted by atomic mass is 15.1. The summed E-state index contributed by atoms with van der Waals surface area (Å²) >= 11 is 0. The van der Waals surface area contributed by atoms with Crippen LogP contribution in [-0.2, 0) is 24.9 Å². The zero-order chi connectivity index (χ0) is 14.9. The zero-order valence-corrected chi connectivity index (χ0v) is 13.2. The van der Waals surface area contributed by atoms with Crippen LogP contribution in [0.15, 0.2) is 18.6 Å². The van der Waals surface area contributed by atoms with Crippen LogP contribution >= 0.6 is 0 Å². The number of aromatic nitrogens is 4. The molecule has 5 nitrogen and oxygen atoms in total. The average Bonchev–Trinajstić information content (AvgIpc) is 3.05. The standard InChI is InChI=1S/C16H25N5/c1-16(2,3)15-13(10-19-20-15)9-17-8-12-4-5-14-18-6-7-21(14)11-12/h6-7,10,12,17H,4-5,8-9,11H2,1-3H3,(H,19,20). The van der Waals surface area contributed by atoms with Crippen LogP contribution in [0.2, 0.25) is 0 Å². The van der Waals surface area contributed by atoms with Gasteiger partial charge in [-0.2, -0.15) is 5.10 Å². The van der Waals surface area contributed by atoms with Crippen molar-refractivity contribution in [1.82, 2.24) is 25.1 Å². The van der Waals surface area contributed by atoms with Gasteiger partial charge in [0.1, 0.15) is 5.82 Å². The van der Waals surface area contributed by atoms with E-state index in [0.29, 0.717) is 5.92 Å². The number of aromatic amines is 1. The number of rotatable bonds is 4. The van der Waals surface area contributed by atoms with Gasteiger partial charge in [0.25, 0.3) is 0 Å². The van der Waals surface area contributed by atoms with Gasteiger partial charge in [-0.1, -0.05) is 20.8 Å². The quantitative estimate of drug-likeness (QED) is 0.907. The maximum Gasteiger partial charge on any atom is 0.108 e. The second-order valence-electron chi connectivity index (χ2n) is 7.05. The lowest BCUT2D eigenvalue weighted by molar-refractivity contribution is 0.347. The molecule has 0 radical (unpaired) electrons. The number of nitrogens with zero attached hydrogens (tertiary/aromatic N) is 3. The molecule has 5 heteroatoms. The number of hydrogen-bond donors (Lipinski definition) is 2. The molecule has 21 heavy (non-hydrogen) atoms. The Kier molecular flexibility index (Phi) is 3.85. The Hall–Kier alpha value is -1.62. The van der Waals surface area contributed by atoms with Crippen molar-refractivity contribution >= 4 is 0 Å². The summed E-state index contributed by atoms with van der Waals surface area (Å²) in [5.74, 6) is 1.92. The van der Waals surface area contributed by atoms with E-state index < -0.39 is 0 Å². The molecule has 0 fully saturated rings. The van der Waals surface area contributed by atoms with Crippen LogP contribution < -0.4 is 5.32 Å². The van der Waals surface area contributed by atoms with E-state index in [4.69, 9.17) is 0 Å². The molecular weight excluding hydrogens is 262 g/mol. The first-order valence-corrected chi connectivity index (χ1v) is 7.77. The smallest absolute Gasteiger partial charge is 0.108 e. The summed E-state index contributed by atoms with van der Waals surface area (Å²) < 4.78 is 2.29. The van der Waals surface area contributed by atoms with Crippen molar-refractivity contribution in [2.75, 3.05) is 6.54 Å². The molecule has 114 valence electrons. The summed E-state index contributed by atoms with van der Waals surface area (Å²) in [4.78, 5) is 4.38. The van der Waals surface area contributed by atoms with Crippen LogP contribution in [0.5, 0.6) is 0 Å². The van der Waals surface area contributed by atoms with Crippen LogP contribution in [0.25, 0.3) is 0 Å². The maximum absolute atomic E-state index is 4.38. The first-order valence-electron chi connectivity index (χ1n) is 7.77. The van der Waals surface area contributed by atoms with Gasteiger partial charge in [0, 0.05) is 48.6 Å². The molecule has 0 spiro atoms. The van der Waals surface area contributed by atoms with E-state index in [1.54, 1.807) is 0 Å². The van der Waals surface area contributed by atoms with Crippen molar-refractivity contribution < 1.29 is 0 Å². The third-order valence-electron chi connectivity index (χ3n) is 4.25. The molecule has 0 aliphatic carbocycles. The summed E-state index contributed by atoms with van der Waals surface area (Å²) in [5.41, 5.74) is 2.63. The van der Waals surface area contributed by atoms with Crippen molar-refractivity contribution in [3.8, 4) is 0 Å². The van der Waals surface area contributed by atoms with Gasteiger partial charge in [-0.25, -0.2) is 4.98 Å². The van der Waals surface area contributed by atoms with Gasteiger partial charge in [0.05, 0.1) is 6.20 Å². The third kappa shape index (κ3) is 3.18. The molecule has 3 heterocycles. The predicted octanol–water partition coefficient (Wildman–Crippen LogP) is 2.26. The Morgan fingerprint density at radius 3 is 3.10 bits per heavy atom. The first kappa shape index (κ1) is 14.3. The highest BCUT2D eigenvalue weighted by Gasteiger charge is 2.21. The van der Waals surface area contributed by atoms with Gasteiger partial charge in [0.2, 0.25) is 0 Å². The molecule has 0 amide bonds. The van der Waals surface area contributed by atoms with E-state index in [1.807, 2.05) is 12.4 Å². The van der Waals surface area contributed by atoms with E-state index >= 15 is 0 Å². The monoisotopic (exact) mass is 287 g/mol. The third-order valence-corrected chi connectivity index (χ3v) is 4.25. The summed E-state index contributed by atoms with van der Waals surface area (Å²) in [6, 6.07) is 0. The summed E-state index contributed by atoms with van der Waals surface area (Å²) in [7, 11) is 0. The van der Waals surface area contributed by atoms with Crippen LogP contribution in [-0.4, -0.2) is 26.3 Å². The molecule has 2 aromatic rings. The van der Waals surface area contributed by atoms with Crippen molar-refractivity contribution in [2.45, 2.75) is 52.1 Å². The SMILES string of the molecule is CC(C)(C)c1[nH]ncc1CNCC1CCc2nccn2C1. The molecule has 1 aliphatic heterocycles. The van der Waals surface area contributed by atoms with Gasteiger partial charge in [-0.05, 0) is 18.9 Å². The second kappa shape index (κ2) is 5.64. The number of H-pyrrole nitrogens is 1. The van der Waals surface area contributed by atoms with E-state index in [2.05, 4.69) is 52.0 Å². The molecule has 0 bridgehead atoms. The van der Waals surface area contributed by atoms with E-state index in [0.717, 1.165) is 26.1 Å². The zero-order valence-electron chi connectivity index (χ0n) is 13.2. The normalized spacial score (nSPS) is 18.7. The number of hydrogen-bond acceptors (Lipinski definition) is 3. The minimum Gasteiger partial charge on any atom is -0.335 e. The lowest BCUT2D eigenvalue weighted by Gasteiger charge is -2.24. The highest BCUT2D eigenvalue weighted by Crippen LogP contribution is 2.23. The molecule has 1 atom stereocenters. The Morgan fingerprint density at radius 1 is 1.43 bits per heavy atom. The molecule has 3 rings (SSSR count). The topological polar surface area (TPSA) is 58.5 Å². The fourth-order valence-corrected chi connectivity index (χ4v) is 3.11. The number of fused-ring (bicyclic) bond motifs is 1. The minimum atomic E-state index is 0.115. The van der Waals surface area contributed by atoms with Gasteiger partial charge < -0.3 is 9.88 Å².